The summed E-state index contributed by atoms with van der Waals surface area (Å²) >= 11 is 7.18. The molecule has 0 saturated heterocycles. The van der Waals surface area contributed by atoms with Crippen molar-refractivity contribution in [2.24, 2.45) is 0 Å². The molecule has 1 amide bonds. The summed E-state index contributed by atoms with van der Waals surface area (Å²) in [5, 5.41) is 3.59. The fourth-order valence-corrected chi connectivity index (χ4v) is 3.08. The first kappa shape index (κ1) is 17.4. The molecule has 8 heteroatoms. The molecule has 0 spiro atoms. The van der Waals surface area contributed by atoms with Gasteiger partial charge in [-0.2, -0.15) is 0 Å². The van der Waals surface area contributed by atoms with E-state index >= 15 is 0 Å². The van der Waals surface area contributed by atoms with E-state index < -0.39 is 17.5 Å². The highest BCUT2D eigenvalue weighted by atomic mass is 35.5. The number of carbonyl (C=O) groups is 1. The molecule has 0 radical (unpaired) electrons. The Bertz CT molecular complexity index is 916. The molecular formula is C17H12ClF2N3OS. The molecule has 0 aliphatic carbocycles. The van der Waals surface area contributed by atoms with Crippen LogP contribution in [0.15, 0.2) is 60.0 Å². The van der Waals surface area contributed by atoms with E-state index in [1.54, 1.807) is 29.1 Å². The van der Waals surface area contributed by atoms with Gasteiger partial charge in [0.25, 0.3) is 0 Å². The highest BCUT2D eigenvalue weighted by molar-refractivity contribution is 7.99. The van der Waals surface area contributed by atoms with Gasteiger partial charge in [0.1, 0.15) is 11.6 Å². The predicted octanol–water partition coefficient (Wildman–Crippen LogP) is 4.53. The summed E-state index contributed by atoms with van der Waals surface area (Å²) < 4.78 is 28.2. The molecule has 0 aliphatic heterocycles. The Hall–Kier alpha value is -2.38. The molecule has 0 aliphatic rings. The summed E-state index contributed by atoms with van der Waals surface area (Å²) in [6.07, 6.45) is 3.37. The second-order valence-electron chi connectivity index (χ2n) is 5.02. The molecule has 1 heterocycles. The number of benzene rings is 2. The van der Waals surface area contributed by atoms with Crippen LogP contribution in [0.1, 0.15) is 0 Å². The molecule has 2 aromatic carbocycles. The first-order valence-electron chi connectivity index (χ1n) is 7.20. The molecule has 0 saturated carbocycles. The van der Waals surface area contributed by atoms with Gasteiger partial charge in [0, 0.05) is 29.2 Å². The van der Waals surface area contributed by atoms with Crippen LogP contribution in [0.4, 0.5) is 14.5 Å². The summed E-state index contributed by atoms with van der Waals surface area (Å²) in [4.78, 5) is 16.2. The third-order valence-corrected chi connectivity index (χ3v) is 4.43. The largest absolute Gasteiger partial charge is 0.323 e. The Labute approximate surface area is 151 Å². The van der Waals surface area contributed by atoms with Gasteiger partial charge in [-0.05, 0) is 30.3 Å². The third-order valence-electron chi connectivity index (χ3n) is 3.23. The van der Waals surface area contributed by atoms with Gasteiger partial charge in [0.15, 0.2) is 5.16 Å². The summed E-state index contributed by atoms with van der Waals surface area (Å²) in [5.41, 5.74) is 0.752. The standard InChI is InChI=1S/C17H12ClF2N3OS/c18-11-2-1-3-13(8-11)23-7-6-21-17(23)25-10-16(24)22-15-5-4-12(19)9-14(15)20/h1-9H,10H2,(H,22,24). The number of aromatic nitrogens is 2. The average molecular weight is 380 g/mol. The summed E-state index contributed by atoms with van der Waals surface area (Å²) in [6, 6.07) is 10.2. The number of anilines is 1. The van der Waals surface area contributed by atoms with Crippen molar-refractivity contribution in [3.8, 4) is 5.69 Å². The summed E-state index contributed by atoms with van der Waals surface area (Å²) in [6.45, 7) is 0. The Balaban J connectivity index is 1.66. The van der Waals surface area contributed by atoms with Crippen LogP contribution < -0.4 is 5.32 Å². The monoisotopic (exact) mass is 379 g/mol. The van der Waals surface area contributed by atoms with Crippen molar-refractivity contribution in [1.29, 1.82) is 0 Å². The van der Waals surface area contributed by atoms with Gasteiger partial charge >= 0.3 is 0 Å². The minimum Gasteiger partial charge on any atom is -0.323 e. The molecule has 0 fully saturated rings. The number of thioether (sulfide) groups is 1. The van der Waals surface area contributed by atoms with Crippen LogP contribution in [-0.4, -0.2) is 21.2 Å². The minimum absolute atomic E-state index is 0.0222. The Morgan fingerprint density at radius 2 is 2.08 bits per heavy atom. The average Bonchev–Trinajstić information content (AvgIpc) is 3.04. The molecule has 0 bridgehead atoms. The number of amides is 1. The molecule has 0 unspecified atom stereocenters. The lowest BCUT2D eigenvalue weighted by Crippen LogP contribution is -2.15. The van der Waals surface area contributed by atoms with Crippen molar-refractivity contribution in [2.75, 3.05) is 11.1 Å². The van der Waals surface area contributed by atoms with E-state index in [-0.39, 0.29) is 11.4 Å². The number of hydrogen-bond donors (Lipinski definition) is 1. The first-order chi connectivity index (χ1) is 12.0. The predicted molar refractivity (Wildman–Crippen MR) is 94.3 cm³/mol. The second-order valence-corrected chi connectivity index (χ2v) is 6.40. The number of halogens is 3. The summed E-state index contributed by atoms with van der Waals surface area (Å²) in [5.74, 6) is -1.92. The van der Waals surface area contributed by atoms with E-state index in [0.717, 1.165) is 11.8 Å². The van der Waals surface area contributed by atoms with E-state index in [0.29, 0.717) is 16.2 Å². The third kappa shape index (κ3) is 4.37. The van der Waals surface area contributed by atoms with E-state index in [2.05, 4.69) is 10.3 Å². The van der Waals surface area contributed by atoms with E-state index in [9.17, 15) is 13.6 Å². The van der Waals surface area contributed by atoms with Crippen molar-refractivity contribution < 1.29 is 13.6 Å². The molecule has 4 nitrogen and oxygen atoms in total. The van der Waals surface area contributed by atoms with E-state index in [1.807, 2.05) is 12.1 Å². The number of nitrogens with one attached hydrogen (secondary N) is 1. The van der Waals surface area contributed by atoms with Crippen molar-refractivity contribution >= 4 is 35.0 Å². The van der Waals surface area contributed by atoms with Crippen LogP contribution >= 0.6 is 23.4 Å². The lowest BCUT2D eigenvalue weighted by atomic mass is 10.3. The molecule has 3 rings (SSSR count). The smallest absolute Gasteiger partial charge is 0.234 e. The second kappa shape index (κ2) is 7.67. The van der Waals surface area contributed by atoms with Gasteiger partial charge in [-0.1, -0.05) is 29.4 Å². The van der Waals surface area contributed by atoms with Gasteiger partial charge in [0.2, 0.25) is 5.91 Å². The number of imidazole rings is 1. The van der Waals surface area contributed by atoms with Gasteiger partial charge in [-0.25, -0.2) is 13.8 Å². The van der Waals surface area contributed by atoms with Crippen molar-refractivity contribution in [3.63, 3.8) is 0 Å². The van der Waals surface area contributed by atoms with Crippen LogP contribution in [-0.2, 0) is 4.79 Å². The maximum atomic E-state index is 13.6. The fraction of sp³-hybridized carbons (Fsp3) is 0.0588. The quantitative estimate of drug-likeness (QED) is 0.662. The van der Waals surface area contributed by atoms with Gasteiger partial charge in [-0.3, -0.25) is 9.36 Å². The zero-order valence-corrected chi connectivity index (χ0v) is 14.3. The Morgan fingerprint density at radius 1 is 1.24 bits per heavy atom. The molecule has 128 valence electrons. The SMILES string of the molecule is O=C(CSc1nccn1-c1cccc(Cl)c1)Nc1ccc(F)cc1F. The molecular weight excluding hydrogens is 368 g/mol. The van der Waals surface area contributed by atoms with Gasteiger partial charge in [0.05, 0.1) is 11.4 Å². The topological polar surface area (TPSA) is 46.9 Å². The lowest BCUT2D eigenvalue weighted by molar-refractivity contribution is -0.113. The number of nitrogens with zero attached hydrogens (tertiary/aromatic N) is 2. The molecule has 1 aromatic heterocycles. The maximum Gasteiger partial charge on any atom is 0.234 e. The molecule has 1 N–H and O–H groups in total. The van der Waals surface area contributed by atoms with Crippen LogP contribution in [0.2, 0.25) is 5.02 Å². The van der Waals surface area contributed by atoms with Crippen LogP contribution in [0.3, 0.4) is 0 Å². The Kier molecular flexibility index (Phi) is 5.35. The zero-order chi connectivity index (χ0) is 17.8. The summed E-state index contributed by atoms with van der Waals surface area (Å²) in [7, 11) is 0. The minimum atomic E-state index is -0.821. The molecule has 3 aromatic rings. The highest BCUT2D eigenvalue weighted by Crippen LogP contribution is 2.23. The lowest BCUT2D eigenvalue weighted by Gasteiger charge is -2.09. The zero-order valence-electron chi connectivity index (χ0n) is 12.7. The van der Waals surface area contributed by atoms with Crippen molar-refractivity contribution in [1.82, 2.24) is 9.55 Å². The van der Waals surface area contributed by atoms with E-state index in [1.165, 1.54) is 17.8 Å². The first-order valence-corrected chi connectivity index (χ1v) is 8.56. The van der Waals surface area contributed by atoms with E-state index in [4.69, 9.17) is 11.6 Å². The van der Waals surface area contributed by atoms with Gasteiger partial charge in [-0.15, -0.1) is 0 Å². The maximum absolute atomic E-state index is 13.6. The Morgan fingerprint density at radius 3 is 2.84 bits per heavy atom. The molecule has 25 heavy (non-hydrogen) atoms. The van der Waals surface area contributed by atoms with Gasteiger partial charge < -0.3 is 5.32 Å². The van der Waals surface area contributed by atoms with Crippen LogP contribution in [0.5, 0.6) is 0 Å². The van der Waals surface area contributed by atoms with Crippen molar-refractivity contribution in [3.05, 3.63) is 71.5 Å². The number of hydrogen-bond acceptors (Lipinski definition) is 3. The highest BCUT2D eigenvalue weighted by Gasteiger charge is 2.11. The van der Waals surface area contributed by atoms with Crippen LogP contribution in [0, 0.1) is 11.6 Å². The number of carbonyl (C=O) groups excluding carboxylic acids is 1. The normalized spacial score (nSPS) is 10.7. The van der Waals surface area contributed by atoms with Crippen LogP contribution in [0.25, 0.3) is 5.69 Å². The van der Waals surface area contributed by atoms with Crippen molar-refractivity contribution in [2.45, 2.75) is 5.16 Å². The number of rotatable bonds is 5. The molecule has 0 atom stereocenters. The fourth-order valence-electron chi connectivity index (χ4n) is 2.13.